The summed E-state index contributed by atoms with van der Waals surface area (Å²) in [7, 11) is 0. The highest BCUT2D eigenvalue weighted by Crippen LogP contribution is 2.36. The molecule has 0 spiro atoms. The molecule has 92 valence electrons. The lowest BCUT2D eigenvalue weighted by molar-refractivity contribution is 0.0607. The normalized spacial score (nSPS) is 28.9. The van der Waals surface area contributed by atoms with E-state index in [0.717, 1.165) is 18.5 Å². The number of aliphatic hydroxyl groups excluding tert-OH is 1. The maximum atomic E-state index is 10.3. The molecule has 1 atom stereocenters. The van der Waals surface area contributed by atoms with Crippen molar-refractivity contribution < 1.29 is 5.11 Å². The van der Waals surface area contributed by atoms with Crippen molar-refractivity contribution >= 4 is 0 Å². The van der Waals surface area contributed by atoms with Crippen molar-refractivity contribution in [3.63, 3.8) is 0 Å². The van der Waals surface area contributed by atoms with Crippen LogP contribution in [0.4, 0.5) is 0 Å². The molecule has 1 unspecified atom stereocenters. The number of hydrogen-bond acceptors (Lipinski definition) is 2. The topological polar surface area (TPSA) is 23.5 Å². The van der Waals surface area contributed by atoms with Crippen LogP contribution in [0.15, 0.2) is 0 Å². The Labute approximate surface area is 99.0 Å². The fourth-order valence-corrected chi connectivity index (χ4v) is 3.18. The van der Waals surface area contributed by atoms with Crippen LogP contribution in [-0.2, 0) is 0 Å². The summed E-state index contributed by atoms with van der Waals surface area (Å²) in [6.07, 6.45) is 10.8. The standard InChI is InChI=1S/C14H25NO/c16-14(12-3-1-2-4-12)10-15(13-7-8-13)9-11-5-6-11/h11-14,16H,1-10H2. The molecule has 0 radical (unpaired) electrons. The number of hydrogen-bond donors (Lipinski definition) is 1. The summed E-state index contributed by atoms with van der Waals surface area (Å²) < 4.78 is 0. The first-order chi connectivity index (χ1) is 7.83. The highest BCUT2D eigenvalue weighted by molar-refractivity contribution is 4.90. The van der Waals surface area contributed by atoms with E-state index in [9.17, 15) is 5.11 Å². The molecule has 16 heavy (non-hydrogen) atoms. The predicted octanol–water partition coefficient (Wildman–Crippen LogP) is 2.41. The number of aliphatic hydroxyl groups is 1. The molecule has 1 N–H and O–H groups in total. The third kappa shape index (κ3) is 2.78. The van der Waals surface area contributed by atoms with Crippen molar-refractivity contribution in [2.75, 3.05) is 13.1 Å². The van der Waals surface area contributed by atoms with Crippen molar-refractivity contribution in [3.05, 3.63) is 0 Å². The van der Waals surface area contributed by atoms with E-state index in [1.54, 1.807) is 0 Å². The Kier molecular flexibility index (Phi) is 3.21. The molecule has 3 fully saturated rings. The Morgan fingerprint density at radius 1 is 1.00 bits per heavy atom. The third-order valence-electron chi connectivity index (χ3n) is 4.62. The van der Waals surface area contributed by atoms with Crippen LogP contribution in [-0.4, -0.2) is 35.2 Å². The quantitative estimate of drug-likeness (QED) is 0.747. The average Bonchev–Trinajstić information content (AvgIpc) is 3.18. The van der Waals surface area contributed by atoms with Gasteiger partial charge in [0.25, 0.3) is 0 Å². The molecule has 0 amide bonds. The van der Waals surface area contributed by atoms with E-state index >= 15 is 0 Å². The minimum absolute atomic E-state index is 0.0400. The van der Waals surface area contributed by atoms with E-state index in [4.69, 9.17) is 0 Å². The van der Waals surface area contributed by atoms with Crippen LogP contribution < -0.4 is 0 Å². The van der Waals surface area contributed by atoms with Crippen LogP contribution in [0.2, 0.25) is 0 Å². The lowest BCUT2D eigenvalue weighted by Gasteiger charge is -2.27. The lowest BCUT2D eigenvalue weighted by atomic mass is 10.0. The summed E-state index contributed by atoms with van der Waals surface area (Å²) in [5, 5.41) is 10.3. The predicted molar refractivity (Wildman–Crippen MR) is 65.3 cm³/mol. The van der Waals surface area contributed by atoms with Gasteiger partial charge >= 0.3 is 0 Å². The molecule has 3 aliphatic carbocycles. The Bertz CT molecular complexity index is 229. The van der Waals surface area contributed by atoms with Crippen LogP contribution in [0.3, 0.4) is 0 Å². The first-order valence-corrected chi connectivity index (χ1v) is 7.25. The second-order valence-corrected chi connectivity index (χ2v) is 6.24. The fraction of sp³-hybridized carbons (Fsp3) is 1.00. The molecule has 0 aromatic heterocycles. The second kappa shape index (κ2) is 4.66. The highest BCUT2D eigenvalue weighted by atomic mass is 16.3. The molecule has 3 rings (SSSR count). The zero-order chi connectivity index (χ0) is 11.0. The van der Waals surface area contributed by atoms with Gasteiger partial charge in [-0.15, -0.1) is 0 Å². The van der Waals surface area contributed by atoms with E-state index in [2.05, 4.69) is 4.90 Å². The number of rotatable bonds is 6. The number of nitrogens with zero attached hydrogens (tertiary/aromatic N) is 1. The monoisotopic (exact) mass is 223 g/mol. The summed E-state index contributed by atoms with van der Waals surface area (Å²) in [5.41, 5.74) is 0. The molecule has 0 heterocycles. The Morgan fingerprint density at radius 2 is 1.69 bits per heavy atom. The molecule has 2 heteroatoms. The molecule has 0 aromatic rings. The third-order valence-corrected chi connectivity index (χ3v) is 4.62. The van der Waals surface area contributed by atoms with Crippen LogP contribution in [0.5, 0.6) is 0 Å². The van der Waals surface area contributed by atoms with Gasteiger partial charge in [0.15, 0.2) is 0 Å². The maximum absolute atomic E-state index is 10.3. The van der Waals surface area contributed by atoms with Gasteiger partial charge in [0.1, 0.15) is 0 Å². The van der Waals surface area contributed by atoms with E-state index < -0.39 is 0 Å². The van der Waals surface area contributed by atoms with E-state index in [1.807, 2.05) is 0 Å². The molecular formula is C14H25NO. The summed E-state index contributed by atoms with van der Waals surface area (Å²) in [5.74, 6) is 1.58. The van der Waals surface area contributed by atoms with Gasteiger partial charge in [-0.1, -0.05) is 12.8 Å². The summed E-state index contributed by atoms with van der Waals surface area (Å²) in [6, 6.07) is 0.830. The molecule has 0 saturated heterocycles. The molecule has 3 saturated carbocycles. The fourth-order valence-electron chi connectivity index (χ4n) is 3.18. The van der Waals surface area contributed by atoms with Crippen LogP contribution in [0.1, 0.15) is 51.4 Å². The molecule has 0 aliphatic heterocycles. The maximum Gasteiger partial charge on any atom is 0.0695 e. The van der Waals surface area contributed by atoms with Crippen molar-refractivity contribution in [1.82, 2.24) is 4.90 Å². The van der Waals surface area contributed by atoms with E-state index in [1.165, 1.54) is 57.9 Å². The SMILES string of the molecule is OC(CN(CC1CC1)C1CC1)C1CCCC1. The van der Waals surface area contributed by atoms with Crippen molar-refractivity contribution in [2.45, 2.75) is 63.5 Å². The van der Waals surface area contributed by atoms with Crippen LogP contribution in [0.25, 0.3) is 0 Å². The average molecular weight is 223 g/mol. The molecule has 3 aliphatic rings. The van der Waals surface area contributed by atoms with Gasteiger partial charge in [0, 0.05) is 19.1 Å². The molecule has 0 bridgehead atoms. The zero-order valence-corrected chi connectivity index (χ0v) is 10.3. The van der Waals surface area contributed by atoms with Crippen LogP contribution in [0, 0.1) is 11.8 Å². The lowest BCUT2D eigenvalue weighted by Crippen LogP contribution is -2.38. The summed E-state index contributed by atoms with van der Waals surface area (Å²) in [6.45, 7) is 2.24. The summed E-state index contributed by atoms with van der Waals surface area (Å²) in [4.78, 5) is 2.60. The second-order valence-electron chi connectivity index (χ2n) is 6.24. The molecular weight excluding hydrogens is 198 g/mol. The molecule has 2 nitrogen and oxygen atoms in total. The van der Waals surface area contributed by atoms with E-state index in [-0.39, 0.29) is 6.10 Å². The van der Waals surface area contributed by atoms with Crippen molar-refractivity contribution in [1.29, 1.82) is 0 Å². The summed E-state index contributed by atoms with van der Waals surface area (Å²) >= 11 is 0. The first kappa shape index (κ1) is 11.0. The van der Waals surface area contributed by atoms with Crippen molar-refractivity contribution in [3.8, 4) is 0 Å². The van der Waals surface area contributed by atoms with Gasteiger partial charge in [-0.25, -0.2) is 0 Å². The van der Waals surface area contributed by atoms with Gasteiger partial charge in [-0.3, -0.25) is 4.90 Å². The Hall–Kier alpha value is -0.0800. The van der Waals surface area contributed by atoms with Gasteiger partial charge < -0.3 is 5.11 Å². The van der Waals surface area contributed by atoms with Crippen LogP contribution >= 0.6 is 0 Å². The Morgan fingerprint density at radius 3 is 2.25 bits per heavy atom. The van der Waals surface area contributed by atoms with Gasteiger partial charge in [0.05, 0.1) is 6.10 Å². The van der Waals surface area contributed by atoms with Gasteiger partial charge in [-0.2, -0.15) is 0 Å². The molecule has 0 aromatic carbocycles. The van der Waals surface area contributed by atoms with Gasteiger partial charge in [0.2, 0.25) is 0 Å². The van der Waals surface area contributed by atoms with E-state index in [0.29, 0.717) is 5.92 Å². The largest absolute Gasteiger partial charge is 0.392 e. The highest BCUT2D eigenvalue weighted by Gasteiger charge is 2.35. The minimum Gasteiger partial charge on any atom is -0.392 e. The zero-order valence-electron chi connectivity index (χ0n) is 10.3. The first-order valence-electron chi connectivity index (χ1n) is 7.25. The Balaban J connectivity index is 1.48. The van der Waals surface area contributed by atoms with Gasteiger partial charge in [-0.05, 0) is 50.4 Å². The van der Waals surface area contributed by atoms with Crippen molar-refractivity contribution in [2.24, 2.45) is 11.8 Å². The minimum atomic E-state index is -0.0400. The smallest absolute Gasteiger partial charge is 0.0695 e.